The van der Waals surface area contributed by atoms with Gasteiger partial charge in [-0.1, -0.05) is 12.7 Å². The van der Waals surface area contributed by atoms with Crippen LogP contribution >= 0.6 is 0 Å². The number of ether oxygens (including phenoxy) is 1. The summed E-state index contributed by atoms with van der Waals surface area (Å²) in [6.07, 6.45) is 0.704. The van der Waals surface area contributed by atoms with Gasteiger partial charge >= 0.3 is 0 Å². The lowest BCUT2D eigenvalue weighted by Crippen LogP contribution is -2.10. The van der Waals surface area contributed by atoms with E-state index in [2.05, 4.69) is 6.58 Å². The van der Waals surface area contributed by atoms with Gasteiger partial charge in [0.15, 0.2) is 0 Å². The molecule has 0 aliphatic heterocycles. The van der Waals surface area contributed by atoms with Crippen molar-refractivity contribution < 1.29 is 14.2 Å². The molecule has 0 amide bonds. The lowest BCUT2D eigenvalue weighted by molar-refractivity contribution is 0.186. The molecule has 0 bridgehead atoms. The van der Waals surface area contributed by atoms with E-state index in [1.54, 1.807) is 13.0 Å². The number of aliphatic hydroxyl groups is 1. The van der Waals surface area contributed by atoms with Crippen LogP contribution in [-0.2, 0) is 0 Å². The fraction of sp³-hybridized carbons (Fsp3) is 0.333. The van der Waals surface area contributed by atoms with E-state index in [-0.39, 0.29) is 11.9 Å². The molecule has 0 aliphatic rings. The van der Waals surface area contributed by atoms with Gasteiger partial charge in [0.25, 0.3) is 0 Å². The van der Waals surface area contributed by atoms with E-state index in [1.165, 1.54) is 18.2 Å². The summed E-state index contributed by atoms with van der Waals surface area (Å²) >= 11 is 0. The van der Waals surface area contributed by atoms with Gasteiger partial charge in [-0.2, -0.15) is 0 Å². The summed E-state index contributed by atoms with van der Waals surface area (Å²) in [4.78, 5) is 0. The number of halogens is 1. The third-order valence-electron chi connectivity index (χ3n) is 2.07. The van der Waals surface area contributed by atoms with Gasteiger partial charge in [0, 0.05) is 5.56 Å². The molecule has 0 radical (unpaired) electrons. The standard InChI is InChI=1S/C12H15FO2/c1-4-8(2)15-12-6-5-10(13)7-11(12)9(3)14/h4-9,14H,1H2,2-3H3/t8?,9-/m0/s1. The van der Waals surface area contributed by atoms with Crippen molar-refractivity contribution in [1.29, 1.82) is 0 Å². The Hall–Kier alpha value is -1.35. The average Bonchev–Trinajstić information content (AvgIpc) is 2.20. The highest BCUT2D eigenvalue weighted by atomic mass is 19.1. The fourth-order valence-electron chi connectivity index (χ4n) is 1.20. The molecule has 0 aromatic heterocycles. The molecule has 1 rings (SSSR count). The highest BCUT2D eigenvalue weighted by molar-refractivity contribution is 5.35. The van der Waals surface area contributed by atoms with Crippen LogP contribution in [-0.4, -0.2) is 11.2 Å². The molecule has 0 saturated carbocycles. The minimum Gasteiger partial charge on any atom is -0.486 e. The second kappa shape index (κ2) is 4.94. The number of rotatable bonds is 4. The molecular formula is C12H15FO2. The Morgan fingerprint density at radius 3 is 2.67 bits per heavy atom. The highest BCUT2D eigenvalue weighted by Gasteiger charge is 2.11. The van der Waals surface area contributed by atoms with E-state index in [1.807, 2.05) is 6.92 Å². The van der Waals surface area contributed by atoms with Gasteiger partial charge in [0.2, 0.25) is 0 Å². The van der Waals surface area contributed by atoms with E-state index in [0.717, 1.165) is 0 Å². The third kappa shape index (κ3) is 3.06. The molecule has 1 unspecified atom stereocenters. The number of aliphatic hydroxyl groups excluding tert-OH is 1. The minimum absolute atomic E-state index is 0.173. The van der Waals surface area contributed by atoms with Gasteiger partial charge in [0.1, 0.15) is 17.7 Å². The van der Waals surface area contributed by atoms with Crippen molar-refractivity contribution in [3.05, 3.63) is 42.2 Å². The predicted octanol–water partition coefficient (Wildman–Crippen LogP) is 2.83. The van der Waals surface area contributed by atoms with Crippen molar-refractivity contribution in [3.63, 3.8) is 0 Å². The Morgan fingerprint density at radius 1 is 1.47 bits per heavy atom. The molecule has 0 fully saturated rings. The van der Waals surface area contributed by atoms with Crippen molar-refractivity contribution in [2.24, 2.45) is 0 Å². The Kier molecular flexibility index (Phi) is 3.86. The molecule has 82 valence electrons. The molecule has 2 nitrogen and oxygen atoms in total. The van der Waals surface area contributed by atoms with Gasteiger partial charge in [0.05, 0.1) is 6.10 Å². The zero-order chi connectivity index (χ0) is 11.4. The van der Waals surface area contributed by atoms with E-state index < -0.39 is 6.10 Å². The van der Waals surface area contributed by atoms with Gasteiger partial charge < -0.3 is 9.84 Å². The summed E-state index contributed by atoms with van der Waals surface area (Å²) in [5, 5.41) is 9.44. The first-order valence-corrected chi connectivity index (χ1v) is 4.81. The SMILES string of the molecule is C=CC(C)Oc1ccc(F)cc1[C@H](C)O. The molecule has 1 aromatic rings. The lowest BCUT2D eigenvalue weighted by atomic mass is 10.1. The van der Waals surface area contributed by atoms with Crippen LogP contribution in [0.25, 0.3) is 0 Å². The molecule has 0 saturated heterocycles. The second-order valence-corrected chi connectivity index (χ2v) is 3.42. The summed E-state index contributed by atoms with van der Waals surface area (Å²) in [5.74, 6) is 0.100. The van der Waals surface area contributed by atoms with Crippen LogP contribution in [0.15, 0.2) is 30.9 Å². The van der Waals surface area contributed by atoms with Crippen molar-refractivity contribution >= 4 is 0 Å². The fourth-order valence-corrected chi connectivity index (χ4v) is 1.20. The lowest BCUT2D eigenvalue weighted by Gasteiger charge is -2.16. The van der Waals surface area contributed by atoms with Gasteiger partial charge in [-0.05, 0) is 32.0 Å². The maximum atomic E-state index is 12.9. The molecular weight excluding hydrogens is 195 g/mol. The van der Waals surface area contributed by atoms with Gasteiger partial charge in [-0.25, -0.2) is 4.39 Å². The molecule has 1 N–H and O–H groups in total. The van der Waals surface area contributed by atoms with Crippen LogP contribution in [0.3, 0.4) is 0 Å². The third-order valence-corrected chi connectivity index (χ3v) is 2.07. The first-order chi connectivity index (χ1) is 7.04. The zero-order valence-electron chi connectivity index (χ0n) is 8.90. The highest BCUT2D eigenvalue weighted by Crippen LogP contribution is 2.26. The van der Waals surface area contributed by atoms with Crippen molar-refractivity contribution in [2.75, 3.05) is 0 Å². The van der Waals surface area contributed by atoms with Crippen LogP contribution in [0.1, 0.15) is 25.5 Å². The van der Waals surface area contributed by atoms with Crippen LogP contribution in [0.2, 0.25) is 0 Å². The van der Waals surface area contributed by atoms with Crippen LogP contribution < -0.4 is 4.74 Å². The van der Waals surface area contributed by atoms with Crippen molar-refractivity contribution in [2.45, 2.75) is 26.1 Å². The van der Waals surface area contributed by atoms with Crippen molar-refractivity contribution in [1.82, 2.24) is 0 Å². The van der Waals surface area contributed by atoms with Crippen LogP contribution in [0, 0.1) is 5.82 Å². The minimum atomic E-state index is -0.757. The summed E-state index contributed by atoms with van der Waals surface area (Å²) in [5.41, 5.74) is 0.448. The van der Waals surface area contributed by atoms with E-state index in [9.17, 15) is 9.50 Å². The first-order valence-electron chi connectivity index (χ1n) is 4.81. The molecule has 0 spiro atoms. The van der Waals surface area contributed by atoms with Crippen LogP contribution in [0.4, 0.5) is 4.39 Å². The molecule has 15 heavy (non-hydrogen) atoms. The largest absolute Gasteiger partial charge is 0.486 e. The normalized spacial score (nSPS) is 14.4. The summed E-state index contributed by atoms with van der Waals surface area (Å²) < 4.78 is 18.4. The number of benzene rings is 1. The second-order valence-electron chi connectivity index (χ2n) is 3.42. The predicted molar refractivity (Wildman–Crippen MR) is 57.3 cm³/mol. The van der Waals surface area contributed by atoms with E-state index in [0.29, 0.717) is 11.3 Å². The summed E-state index contributed by atoms with van der Waals surface area (Å²) in [7, 11) is 0. The molecule has 0 aliphatic carbocycles. The van der Waals surface area contributed by atoms with E-state index in [4.69, 9.17) is 4.74 Å². The summed E-state index contributed by atoms with van der Waals surface area (Å²) in [6.45, 7) is 6.98. The molecule has 0 heterocycles. The Bertz CT molecular complexity index is 347. The molecule has 3 heteroatoms. The van der Waals surface area contributed by atoms with Crippen molar-refractivity contribution in [3.8, 4) is 5.75 Å². The van der Waals surface area contributed by atoms with Gasteiger partial charge in [-0.15, -0.1) is 0 Å². The van der Waals surface area contributed by atoms with Gasteiger partial charge in [-0.3, -0.25) is 0 Å². The molecule has 1 aromatic carbocycles. The first kappa shape index (κ1) is 11.7. The smallest absolute Gasteiger partial charge is 0.126 e. The average molecular weight is 210 g/mol. The number of hydrogen-bond donors (Lipinski definition) is 1. The molecule has 2 atom stereocenters. The van der Waals surface area contributed by atoms with Crippen LogP contribution in [0.5, 0.6) is 5.75 Å². The number of hydrogen-bond acceptors (Lipinski definition) is 2. The maximum Gasteiger partial charge on any atom is 0.126 e. The van der Waals surface area contributed by atoms with E-state index >= 15 is 0 Å². The Labute approximate surface area is 89.0 Å². The summed E-state index contributed by atoms with van der Waals surface area (Å²) in [6, 6.07) is 4.09. The Morgan fingerprint density at radius 2 is 2.13 bits per heavy atom. The maximum absolute atomic E-state index is 12.9. The quantitative estimate of drug-likeness (QED) is 0.774. The zero-order valence-corrected chi connectivity index (χ0v) is 8.90. The topological polar surface area (TPSA) is 29.5 Å². The monoisotopic (exact) mass is 210 g/mol. The Balaban J connectivity index is 3.00.